The average Bonchev–Trinajstić information content (AvgIpc) is 2.30. The first-order valence-electron chi connectivity index (χ1n) is 6.03. The highest BCUT2D eigenvalue weighted by Crippen LogP contribution is 2.25. The third kappa shape index (κ3) is 3.78. The molecule has 0 aliphatic carbocycles. The lowest BCUT2D eigenvalue weighted by molar-refractivity contribution is -0.124. The van der Waals surface area contributed by atoms with Gasteiger partial charge in [0.2, 0.25) is 15.9 Å². The molecule has 0 saturated heterocycles. The Morgan fingerprint density at radius 2 is 1.95 bits per heavy atom. The minimum Gasteiger partial charge on any atom is -0.325 e. The summed E-state index contributed by atoms with van der Waals surface area (Å²) in [4.78, 5) is 12.1. The van der Waals surface area contributed by atoms with Gasteiger partial charge in [-0.15, -0.1) is 0 Å². The van der Waals surface area contributed by atoms with Crippen molar-refractivity contribution in [1.82, 2.24) is 0 Å². The normalized spacial score (nSPS) is 12.3. The van der Waals surface area contributed by atoms with Crippen LogP contribution in [0.15, 0.2) is 23.1 Å². The molecule has 1 rings (SSSR count). The number of hydrogen-bond acceptors (Lipinski definition) is 3. The fourth-order valence-electron chi connectivity index (χ4n) is 1.36. The minimum atomic E-state index is -3.77. The fourth-order valence-corrected chi connectivity index (χ4v) is 1.90. The summed E-state index contributed by atoms with van der Waals surface area (Å²) in [5.41, 5.74) is 0.745. The van der Waals surface area contributed by atoms with E-state index in [4.69, 9.17) is 5.14 Å². The van der Waals surface area contributed by atoms with Gasteiger partial charge < -0.3 is 5.32 Å². The molecule has 0 bridgehead atoms. The fraction of sp³-hybridized carbons (Fsp3) is 0.462. The number of rotatable bonds is 4. The van der Waals surface area contributed by atoms with Crippen LogP contribution in [0.25, 0.3) is 0 Å². The first-order valence-corrected chi connectivity index (χ1v) is 7.57. The lowest BCUT2D eigenvalue weighted by atomic mass is 9.89. The van der Waals surface area contributed by atoms with E-state index in [2.05, 4.69) is 5.32 Å². The van der Waals surface area contributed by atoms with Crippen molar-refractivity contribution in [2.24, 2.45) is 10.6 Å². The zero-order valence-corrected chi connectivity index (χ0v) is 12.5. The van der Waals surface area contributed by atoms with Gasteiger partial charge >= 0.3 is 0 Å². The average molecular weight is 284 g/mol. The molecule has 1 aromatic carbocycles. The van der Waals surface area contributed by atoms with Crippen LogP contribution in [0.3, 0.4) is 0 Å². The van der Waals surface area contributed by atoms with Gasteiger partial charge in [0.15, 0.2) is 0 Å². The van der Waals surface area contributed by atoms with Crippen LogP contribution < -0.4 is 10.5 Å². The number of benzene rings is 1. The first kappa shape index (κ1) is 15.7. The van der Waals surface area contributed by atoms with Crippen molar-refractivity contribution < 1.29 is 13.2 Å². The first-order chi connectivity index (χ1) is 8.58. The van der Waals surface area contributed by atoms with Gasteiger partial charge in [-0.2, -0.15) is 0 Å². The van der Waals surface area contributed by atoms with E-state index in [1.165, 1.54) is 12.1 Å². The Balaban J connectivity index is 3.12. The van der Waals surface area contributed by atoms with E-state index in [1.54, 1.807) is 13.0 Å². The maximum atomic E-state index is 12.1. The molecule has 6 heteroatoms. The number of carbonyl (C=O) groups excluding carboxylic acids is 1. The van der Waals surface area contributed by atoms with Crippen molar-refractivity contribution in [3.05, 3.63) is 23.8 Å². The molecule has 0 atom stereocenters. The Labute approximate surface area is 114 Å². The Morgan fingerprint density at radius 3 is 2.42 bits per heavy atom. The van der Waals surface area contributed by atoms with Crippen LogP contribution in [0, 0.1) is 12.3 Å². The highest BCUT2D eigenvalue weighted by molar-refractivity contribution is 7.89. The molecule has 0 aromatic heterocycles. The van der Waals surface area contributed by atoms with E-state index in [9.17, 15) is 13.2 Å². The standard InChI is InChI=1S/C13H20N2O3S/c1-5-13(3,4)12(16)15-11-8-10(19(14,17)18)7-6-9(11)2/h6-8H,5H2,1-4H3,(H,15,16)(H2,14,17,18). The molecule has 0 fully saturated rings. The van der Waals surface area contributed by atoms with Crippen LogP contribution in [0.2, 0.25) is 0 Å². The van der Waals surface area contributed by atoms with Gasteiger partial charge in [0, 0.05) is 11.1 Å². The third-order valence-electron chi connectivity index (χ3n) is 3.28. The zero-order valence-electron chi connectivity index (χ0n) is 11.6. The van der Waals surface area contributed by atoms with E-state index < -0.39 is 15.4 Å². The van der Waals surface area contributed by atoms with Crippen molar-refractivity contribution in [3.63, 3.8) is 0 Å². The number of primary sulfonamides is 1. The number of aryl methyl sites for hydroxylation is 1. The molecule has 0 aliphatic rings. The number of nitrogens with one attached hydrogen (secondary N) is 1. The number of nitrogens with two attached hydrogens (primary N) is 1. The number of anilines is 1. The maximum Gasteiger partial charge on any atom is 0.238 e. The molecule has 3 N–H and O–H groups in total. The molecule has 5 nitrogen and oxygen atoms in total. The topological polar surface area (TPSA) is 89.3 Å². The summed E-state index contributed by atoms with van der Waals surface area (Å²) < 4.78 is 22.6. The Morgan fingerprint density at radius 1 is 1.37 bits per heavy atom. The Kier molecular flexibility index (Phi) is 4.37. The van der Waals surface area contributed by atoms with Gasteiger partial charge in [-0.1, -0.05) is 26.8 Å². The highest BCUT2D eigenvalue weighted by Gasteiger charge is 2.25. The van der Waals surface area contributed by atoms with Crippen molar-refractivity contribution in [2.45, 2.75) is 39.0 Å². The summed E-state index contributed by atoms with van der Waals surface area (Å²) in [6.07, 6.45) is 0.687. The summed E-state index contributed by atoms with van der Waals surface area (Å²) in [7, 11) is -3.77. The predicted molar refractivity (Wildman–Crippen MR) is 75.3 cm³/mol. The second kappa shape index (κ2) is 5.30. The van der Waals surface area contributed by atoms with Crippen LogP contribution in [-0.4, -0.2) is 14.3 Å². The van der Waals surface area contributed by atoms with Crippen LogP contribution in [-0.2, 0) is 14.8 Å². The second-order valence-electron chi connectivity index (χ2n) is 5.21. The molecule has 106 valence electrons. The molecule has 0 saturated carbocycles. The van der Waals surface area contributed by atoms with E-state index >= 15 is 0 Å². The lowest BCUT2D eigenvalue weighted by Crippen LogP contribution is -2.30. The summed E-state index contributed by atoms with van der Waals surface area (Å²) in [6.45, 7) is 7.39. The molecule has 0 aliphatic heterocycles. The van der Waals surface area contributed by atoms with Gasteiger partial charge in [0.05, 0.1) is 4.90 Å². The summed E-state index contributed by atoms with van der Waals surface area (Å²) in [5.74, 6) is -0.148. The summed E-state index contributed by atoms with van der Waals surface area (Å²) in [6, 6.07) is 4.42. The quantitative estimate of drug-likeness (QED) is 0.886. The van der Waals surface area contributed by atoms with Crippen LogP contribution >= 0.6 is 0 Å². The Hall–Kier alpha value is -1.40. The molecule has 0 radical (unpaired) electrons. The minimum absolute atomic E-state index is 0.0114. The predicted octanol–water partition coefficient (Wildman–Crippen LogP) is 2.02. The van der Waals surface area contributed by atoms with E-state index in [1.807, 2.05) is 20.8 Å². The van der Waals surface area contributed by atoms with Crippen LogP contribution in [0.4, 0.5) is 5.69 Å². The number of amides is 1. The van der Waals surface area contributed by atoms with Crippen LogP contribution in [0.1, 0.15) is 32.8 Å². The highest BCUT2D eigenvalue weighted by atomic mass is 32.2. The smallest absolute Gasteiger partial charge is 0.238 e. The largest absolute Gasteiger partial charge is 0.325 e. The zero-order chi connectivity index (χ0) is 14.8. The monoisotopic (exact) mass is 284 g/mol. The summed E-state index contributed by atoms with van der Waals surface area (Å²) >= 11 is 0. The van der Waals surface area contributed by atoms with Crippen molar-refractivity contribution >= 4 is 21.6 Å². The third-order valence-corrected chi connectivity index (χ3v) is 4.20. The Bertz CT molecular complexity index is 592. The van der Waals surface area contributed by atoms with Crippen molar-refractivity contribution in [1.29, 1.82) is 0 Å². The molecular weight excluding hydrogens is 264 g/mol. The van der Waals surface area contributed by atoms with Gasteiger partial charge in [-0.25, -0.2) is 13.6 Å². The molecular formula is C13H20N2O3S. The van der Waals surface area contributed by atoms with Gasteiger partial charge in [-0.05, 0) is 31.0 Å². The molecule has 0 heterocycles. The van der Waals surface area contributed by atoms with E-state index in [0.717, 1.165) is 5.56 Å². The molecule has 1 amide bonds. The van der Waals surface area contributed by atoms with Gasteiger partial charge in [-0.3, -0.25) is 4.79 Å². The number of sulfonamides is 1. The molecule has 0 unspecified atom stereocenters. The van der Waals surface area contributed by atoms with Gasteiger partial charge in [0.25, 0.3) is 0 Å². The van der Waals surface area contributed by atoms with E-state index in [-0.39, 0.29) is 10.8 Å². The number of carbonyl (C=O) groups is 1. The summed E-state index contributed by atoms with van der Waals surface area (Å²) in [5, 5.41) is 7.83. The van der Waals surface area contributed by atoms with Gasteiger partial charge in [0.1, 0.15) is 0 Å². The lowest BCUT2D eigenvalue weighted by Gasteiger charge is -2.22. The number of hydrogen-bond donors (Lipinski definition) is 2. The molecule has 19 heavy (non-hydrogen) atoms. The van der Waals surface area contributed by atoms with Crippen molar-refractivity contribution in [2.75, 3.05) is 5.32 Å². The van der Waals surface area contributed by atoms with E-state index in [0.29, 0.717) is 12.1 Å². The van der Waals surface area contributed by atoms with Crippen molar-refractivity contribution in [3.8, 4) is 0 Å². The maximum absolute atomic E-state index is 12.1. The SMILES string of the molecule is CCC(C)(C)C(=O)Nc1cc(S(N)(=O)=O)ccc1C. The molecule has 1 aromatic rings. The molecule has 0 spiro atoms. The second-order valence-corrected chi connectivity index (χ2v) is 6.77. The van der Waals surface area contributed by atoms with Crippen LogP contribution in [0.5, 0.6) is 0 Å².